The first-order valence-electron chi connectivity index (χ1n) is 1.65. The van der Waals surface area contributed by atoms with E-state index in [2.05, 4.69) is 0 Å². The molecule has 0 aromatic rings. The third-order valence-electron chi connectivity index (χ3n) is 0.287. The van der Waals surface area contributed by atoms with Crippen LogP contribution < -0.4 is 10.3 Å². The molecule has 0 aliphatic heterocycles. The van der Waals surface area contributed by atoms with Crippen molar-refractivity contribution in [2.24, 2.45) is 0 Å². The Bertz CT molecular complexity index is 165. The molecule has 0 unspecified atom stereocenters. The van der Waals surface area contributed by atoms with Crippen LogP contribution >= 0.6 is 0 Å². The molecule has 1 amide bonds. The average Bonchev–Trinajstić information content (AvgIpc) is 1.59. The van der Waals surface area contributed by atoms with Crippen LogP contribution in [0, 0.1) is 0 Å². The van der Waals surface area contributed by atoms with Gasteiger partial charge in [0.1, 0.15) is 0 Å². The number of rotatable bonds is 3. The quantitative estimate of drug-likeness (QED) is 0.335. The summed E-state index contributed by atoms with van der Waals surface area (Å²) in [7, 11) is -3.31. The summed E-state index contributed by atoms with van der Waals surface area (Å²) in [5.41, 5.74) is 1.64. The van der Waals surface area contributed by atoms with Crippen LogP contribution in [0.2, 0.25) is 0 Å². The molecule has 0 fully saturated rings. The molecule has 0 aliphatic rings. The van der Waals surface area contributed by atoms with E-state index in [0.717, 1.165) is 12.7 Å². The smallest absolute Gasteiger partial charge is 0.223 e. The van der Waals surface area contributed by atoms with Crippen molar-refractivity contribution >= 4 is 16.4 Å². The van der Waals surface area contributed by atoms with Gasteiger partial charge in [0.15, 0.2) is 0 Å². The fourth-order valence-electron chi connectivity index (χ4n) is 0.114. The fourth-order valence-corrected chi connectivity index (χ4v) is 0.341. The second kappa shape index (κ2) is 5.28. The van der Waals surface area contributed by atoms with Gasteiger partial charge in [-0.3, -0.25) is 0 Å². The Kier molecular flexibility index (Phi) is 7.15. The van der Waals surface area contributed by atoms with Gasteiger partial charge in [-0.05, 0) is 0 Å². The van der Waals surface area contributed by atoms with Crippen LogP contribution in [-0.2, 0) is 47.5 Å². The van der Waals surface area contributed by atoms with Crippen LogP contribution in [0.4, 0.5) is 0 Å². The maximum atomic E-state index is 10.0. The Labute approximate surface area is 78.5 Å². The van der Waals surface area contributed by atoms with Crippen molar-refractivity contribution in [1.82, 2.24) is 10.3 Å². The van der Waals surface area contributed by atoms with Gasteiger partial charge in [-0.15, -0.1) is 6.41 Å². The summed E-state index contributed by atoms with van der Waals surface area (Å²) in [6, 6.07) is 0. The van der Waals surface area contributed by atoms with Gasteiger partial charge >= 0.3 is 0 Å². The number of nitrogens with one attached hydrogen (secondary N) is 2. The van der Waals surface area contributed by atoms with Crippen LogP contribution in [0.1, 0.15) is 0 Å². The molecule has 0 aliphatic carbocycles. The van der Waals surface area contributed by atoms with Gasteiger partial charge in [0.2, 0.25) is 10.0 Å². The molecule has 51 valence electrons. The summed E-state index contributed by atoms with van der Waals surface area (Å²) >= 11 is 0. The first-order valence-corrected chi connectivity index (χ1v) is 3.54. The molecule has 0 heterocycles. The molecule has 0 saturated carbocycles. The largest absolute Gasteiger partial charge is 0.519 e. The van der Waals surface area contributed by atoms with E-state index in [1.165, 1.54) is 0 Å². The topological polar surface area (TPSA) is 75.3 Å². The molecule has 0 aromatic heterocycles. The van der Waals surface area contributed by atoms with Crippen molar-refractivity contribution in [3.8, 4) is 0 Å². The molecule has 1 radical (unpaired) electrons. The number of amides is 1. The molecule has 0 atom stereocenters. The second-order valence-corrected chi connectivity index (χ2v) is 2.85. The fraction of sp³-hybridized carbons (Fsp3) is 0.500. The molecule has 0 bridgehead atoms. The van der Waals surface area contributed by atoms with Gasteiger partial charge in [0.05, 0.1) is 6.26 Å². The predicted molar refractivity (Wildman–Crippen MR) is 26.8 cm³/mol. The molecule has 2 N–H and O–H groups in total. The molecule has 0 rings (SSSR count). The van der Waals surface area contributed by atoms with E-state index in [-0.39, 0.29) is 32.7 Å². The molecule has 5 nitrogen and oxygen atoms in total. The summed E-state index contributed by atoms with van der Waals surface area (Å²) in [5.74, 6) is 0. The van der Waals surface area contributed by atoms with Gasteiger partial charge in [0, 0.05) is 32.7 Å². The van der Waals surface area contributed by atoms with Gasteiger partial charge < -0.3 is 10.2 Å². The van der Waals surface area contributed by atoms with Gasteiger partial charge in [-0.2, -0.15) is 4.83 Å². The molecule has 0 aromatic carbocycles. The van der Waals surface area contributed by atoms with E-state index < -0.39 is 10.0 Å². The Morgan fingerprint density at radius 3 is 2.00 bits per heavy atom. The van der Waals surface area contributed by atoms with Gasteiger partial charge in [-0.25, -0.2) is 8.42 Å². The number of sulfonamides is 1. The standard InChI is InChI=1S/C2H5N2O3S.Y/c1-8(6,7)4-3-2-5;/h4H,1H3,(H,3,5);/q-1;. The maximum Gasteiger partial charge on any atom is 0.223 e. The zero-order valence-corrected chi connectivity index (χ0v) is 8.37. The van der Waals surface area contributed by atoms with E-state index in [1.54, 1.807) is 10.3 Å². The maximum absolute atomic E-state index is 10.0. The Balaban J connectivity index is 0. The number of hydrogen-bond donors (Lipinski definition) is 2. The summed E-state index contributed by atoms with van der Waals surface area (Å²) in [6.45, 7) is 0. The summed E-state index contributed by atoms with van der Waals surface area (Å²) in [5, 5.41) is 0. The minimum atomic E-state index is -3.31. The normalized spacial score (nSPS) is 9.44. The summed E-state index contributed by atoms with van der Waals surface area (Å²) < 4.78 is 20.1. The van der Waals surface area contributed by atoms with Crippen molar-refractivity contribution in [1.29, 1.82) is 0 Å². The molecule has 9 heavy (non-hydrogen) atoms. The SMILES string of the molecule is CS(=O)(=O)NN[C-]=O.[Y]. The monoisotopic (exact) mass is 226 g/mol. The molecular formula is C2H5N2O3SY-. The molecule has 0 saturated heterocycles. The van der Waals surface area contributed by atoms with Crippen LogP contribution in [-0.4, -0.2) is 21.1 Å². The third kappa shape index (κ3) is 11.9. The zero-order chi connectivity index (χ0) is 6.62. The van der Waals surface area contributed by atoms with E-state index in [4.69, 9.17) is 0 Å². The van der Waals surface area contributed by atoms with Crippen LogP contribution in [0.3, 0.4) is 0 Å². The minimum absolute atomic E-state index is 0. The van der Waals surface area contributed by atoms with Crippen LogP contribution in [0.5, 0.6) is 0 Å². The van der Waals surface area contributed by atoms with Crippen molar-refractivity contribution < 1.29 is 45.9 Å². The zero-order valence-electron chi connectivity index (χ0n) is 4.71. The van der Waals surface area contributed by atoms with Crippen molar-refractivity contribution in [2.75, 3.05) is 6.26 Å². The Morgan fingerprint density at radius 1 is 1.44 bits per heavy atom. The van der Waals surface area contributed by atoms with Gasteiger partial charge in [0.25, 0.3) is 0 Å². The average molecular weight is 226 g/mol. The summed E-state index contributed by atoms with van der Waals surface area (Å²) in [4.78, 5) is 11.0. The van der Waals surface area contributed by atoms with E-state index >= 15 is 0 Å². The van der Waals surface area contributed by atoms with Crippen molar-refractivity contribution in [2.45, 2.75) is 0 Å². The molecular weight excluding hydrogens is 221 g/mol. The second-order valence-electron chi connectivity index (χ2n) is 1.10. The third-order valence-corrected chi connectivity index (χ3v) is 0.760. The van der Waals surface area contributed by atoms with Gasteiger partial charge in [-0.1, -0.05) is 0 Å². The molecule has 0 spiro atoms. The van der Waals surface area contributed by atoms with Crippen molar-refractivity contribution in [3.63, 3.8) is 0 Å². The Hall–Kier alpha value is 0.484. The number of hydrazine groups is 1. The van der Waals surface area contributed by atoms with E-state index in [0.29, 0.717) is 0 Å². The predicted octanol–water partition coefficient (Wildman–Crippen LogP) is -1.90. The first kappa shape index (κ1) is 12.2. The van der Waals surface area contributed by atoms with E-state index in [9.17, 15) is 13.2 Å². The molecule has 7 heteroatoms. The van der Waals surface area contributed by atoms with E-state index in [1.807, 2.05) is 0 Å². The Morgan fingerprint density at radius 2 is 1.89 bits per heavy atom. The summed E-state index contributed by atoms with van der Waals surface area (Å²) in [6.07, 6.45) is 2.05. The number of hydrogen-bond acceptors (Lipinski definition) is 3. The minimum Gasteiger partial charge on any atom is -0.519 e. The van der Waals surface area contributed by atoms with Crippen LogP contribution in [0.25, 0.3) is 0 Å². The van der Waals surface area contributed by atoms with Crippen LogP contribution in [0.15, 0.2) is 0 Å². The first-order chi connectivity index (χ1) is 3.56. The number of carbonyl (C=O) groups excluding carboxylic acids is 1. The van der Waals surface area contributed by atoms with Crippen molar-refractivity contribution in [3.05, 3.63) is 0 Å².